The number of hydrogen-bond acceptors (Lipinski definition) is 10. The van der Waals surface area contributed by atoms with Crippen LogP contribution in [0, 0.1) is 0 Å². The van der Waals surface area contributed by atoms with Crippen molar-refractivity contribution >= 4 is 11.9 Å². The molecule has 1 amide bonds. The number of amides is 1. The Labute approximate surface area is 511 Å². The van der Waals surface area contributed by atoms with E-state index in [1.54, 1.807) is 6.08 Å². The maximum atomic E-state index is 13.5. The lowest BCUT2D eigenvalue weighted by molar-refractivity contribution is -0.305. The third-order valence-corrected chi connectivity index (χ3v) is 17.0. The van der Waals surface area contributed by atoms with Crippen molar-refractivity contribution in [1.82, 2.24) is 5.32 Å². The summed E-state index contributed by atoms with van der Waals surface area (Å²) < 4.78 is 17.7. The summed E-state index contributed by atoms with van der Waals surface area (Å²) in [4.78, 5) is 26.7. The Balaban J connectivity index is 2.59. The Bertz CT molecular complexity index is 1490. The van der Waals surface area contributed by atoms with E-state index < -0.39 is 67.4 Å². The van der Waals surface area contributed by atoms with Crippen molar-refractivity contribution in [2.75, 3.05) is 13.2 Å². The highest BCUT2D eigenvalue weighted by Gasteiger charge is 2.47. The molecular formula is C72H135NO10. The van der Waals surface area contributed by atoms with E-state index in [1.807, 2.05) is 6.08 Å². The fourth-order valence-corrected chi connectivity index (χ4v) is 11.4. The van der Waals surface area contributed by atoms with Gasteiger partial charge in [0.1, 0.15) is 24.4 Å². The van der Waals surface area contributed by atoms with Crippen LogP contribution in [0.1, 0.15) is 348 Å². The Morgan fingerprint density at radius 2 is 0.831 bits per heavy atom. The smallest absolute Gasteiger partial charge is 0.306 e. The normalized spacial score (nSPS) is 18.7. The molecule has 488 valence electrons. The highest BCUT2D eigenvalue weighted by Crippen LogP contribution is 2.26. The van der Waals surface area contributed by atoms with Gasteiger partial charge in [0.15, 0.2) is 12.4 Å². The van der Waals surface area contributed by atoms with Crippen LogP contribution in [-0.2, 0) is 23.8 Å². The standard InChI is InChI=1S/C72H135NO10/c1-4-7-10-13-16-19-22-25-27-29-31-32-33-35-36-38-41-44-47-50-53-56-59-65(76)71(80)73-63(64(75)58-55-52-49-46-43-40-24-21-18-15-12-9-6-3)62-81-72-70(69(79)68(78)66(61-74)82-72)83-67(77)60-57-54-51-48-45-42-39-37-34-30-28-26-23-20-17-14-11-8-5-2/h16,19,25,27,55,58,63-66,68-70,72,74-76,78-79H,4-15,17-18,20-24,26,28-54,56-57,59-62H2,1-3H3,(H,73,80)/b19-16-,27-25-,58-55+. The molecule has 1 saturated heterocycles. The zero-order chi connectivity index (χ0) is 60.3. The zero-order valence-electron chi connectivity index (χ0n) is 54.3. The molecule has 0 aliphatic carbocycles. The zero-order valence-corrected chi connectivity index (χ0v) is 54.3. The second-order valence-electron chi connectivity index (χ2n) is 25.0. The predicted molar refractivity (Wildman–Crippen MR) is 347 cm³/mol. The maximum Gasteiger partial charge on any atom is 0.306 e. The number of nitrogens with one attached hydrogen (secondary N) is 1. The molecule has 0 aromatic heterocycles. The van der Waals surface area contributed by atoms with Gasteiger partial charge in [-0.1, -0.05) is 320 Å². The quantitative estimate of drug-likeness (QED) is 0.0195. The monoisotopic (exact) mass is 1170 g/mol. The molecular weight excluding hydrogens is 1040 g/mol. The minimum Gasteiger partial charge on any atom is -0.454 e. The Hall–Kier alpha value is -2.12. The highest BCUT2D eigenvalue weighted by atomic mass is 16.7. The highest BCUT2D eigenvalue weighted by molar-refractivity contribution is 5.80. The summed E-state index contributed by atoms with van der Waals surface area (Å²) >= 11 is 0. The van der Waals surface area contributed by atoms with Crippen molar-refractivity contribution < 1.29 is 49.3 Å². The maximum absolute atomic E-state index is 13.5. The van der Waals surface area contributed by atoms with E-state index in [9.17, 15) is 35.1 Å². The Morgan fingerprint density at radius 1 is 0.470 bits per heavy atom. The van der Waals surface area contributed by atoms with E-state index in [2.05, 4.69) is 50.4 Å². The van der Waals surface area contributed by atoms with Crippen LogP contribution in [0.3, 0.4) is 0 Å². The SMILES string of the molecule is CCCCC/C=C\C/C=C\CCCCCCCCCCCCCCC(O)C(=O)NC(COC1OC(CO)C(O)C(O)C1OC(=O)CCCCCCCCCCCCCCCCCCCCC)C(O)/C=C/CCCCCCCCCCCCC. The molecule has 0 radical (unpaired) electrons. The van der Waals surface area contributed by atoms with E-state index in [0.717, 1.165) is 64.2 Å². The first-order valence-corrected chi connectivity index (χ1v) is 35.8. The van der Waals surface area contributed by atoms with Crippen molar-refractivity contribution in [1.29, 1.82) is 0 Å². The van der Waals surface area contributed by atoms with Crippen molar-refractivity contribution in [3.05, 3.63) is 36.5 Å². The molecule has 0 saturated carbocycles. The van der Waals surface area contributed by atoms with Crippen LogP contribution in [-0.4, -0.2) is 99.6 Å². The second kappa shape index (κ2) is 60.2. The molecule has 1 heterocycles. The summed E-state index contributed by atoms with van der Waals surface area (Å²) in [6.07, 6.45) is 63.2. The van der Waals surface area contributed by atoms with E-state index in [1.165, 1.54) is 238 Å². The molecule has 1 aliphatic heterocycles. The number of aliphatic hydroxyl groups is 5. The lowest BCUT2D eigenvalue weighted by atomic mass is 9.99. The minimum absolute atomic E-state index is 0.129. The van der Waals surface area contributed by atoms with Crippen molar-refractivity contribution in [2.24, 2.45) is 0 Å². The van der Waals surface area contributed by atoms with Crippen molar-refractivity contribution in [3.8, 4) is 0 Å². The summed E-state index contributed by atoms with van der Waals surface area (Å²) in [5, 5.41) is 57.3. The number of carbonyl (C=O) groups is 2. The molecule has 1 rings (SSSR count). The molecule has 1 aliphatic rings. The molecule has 8 unspecified atom stereocenters. The van der Waals surface area contributed by atoms with Crippen LogP contribution in [0.25, 0.3) is 0 Å². The molecule has 0 aromatic rings. The van der Waals surface area contributed by atoms with Gasteiger partial charge in [0.2, 0.25) is 5.91 Å². The lowest BCUT2D eigenvalue weighted by Crippen LogP contribution is -2.61. The first-order chi connectivity index (χ1) is 40.7. The van der Waals surface area contributed by atoms with Crippen molar-refractivity contribution in [2.45, 2.75) is 397 Å². The van der Waals surface area contributed by atoms with E-state index in [0.29, 0.717) is 19.3 Å². The fraction of sp³-hybridized carbons (Fsp3) is 0.889. The van der Waals surface area contributed by atoms with E-state index in [-0.39, 0.29) is 13.0 Å². The fourth-order valence-electron chi connectivity index (χ4n) is 11.4. The molecule has 0 aromatic carbocycles. The summed E-state index contributed by atoms with van der Waals surface area (Å²) in [6, 6.07) is -1.02. The number of rotatable bonds is 62. The Kier molecular flexibility index (Phi) is 57.2. The van der Waals surface area contributed by atoms with Crippen molar-refractivity contribution in [3.63, 3.8) is 0 Å². The number of allylic oxidation sites excluding steroid dienone is 5. The first-order valence-electron chi connectivity index (χ1n) is 35.8. The van der Waals surface area contributed by atoms with Gasteiger partial charge in [-0.25, -0.2) is 0 Å². The van der Waals surface area contributed by atoms with Gasteiger partial charge in [0.05, 0.1) is 25.4 Å². The van der Waals surface area contributed by atoms with Gasteiger partial charge in [0.25, 0.3) is 0 Å². The van der Waals surface area contributed by atoms with Crippen LogP contribution in [0.5, 0.6) is 0 Å². The lowest BCUT2D eigenvalue weighted by Gasteiger charge is -2.41. The van der Waals surface area contributed by atoms with Gasteiger partial charge >= 0.3 is 5.97 Å². The summed E-state index contributed by atoms with van der Waals surface area (Å²) in [7, 11) is 0. The average Bonchev–Trinajstić information content (AvgIpc) is 3.54. The molecule has 0 bridgehead atoms. The summed E-state index contributed by atoms with van der Waals surface area (Å²) in [5.74, 6) is -1.18. The Morgan fingerprint density at radius 3 is 1.25 bits per heavy atom. The minimum atomic E-state index is -1.61. The third-order valence-electron chi connectivity index (χ3n) is 17.0. The van der Waals surface area contributed by atoms with Gasteiger partial charge in [-0.15, -0.1) is 0 Å². The van der Waals surface area contributed by atoms with Gasteiger partial charge in [-0.2, -0.15) is 0 Å². The van der Waals surface area contributed by atoms with Crippen LogP contribution in [0.15, 0.2) is 36.5 Å². The van der Waals surface area contributed by atoms with Gasteiger partial charge in [0, 0.05) is 6.42 Å². The third kappa shape index (κ3) is 47.6. The number of aliphatic hydroxyl groups excluding tert-OH is 5. The van der Waals surface area contributed by atoms with Gasteiger partial charge in [-0.05, 0) is 57.8 Å². The van der Waals surface area contributed by atoms with E-state index >= 15 is 0 Å². The van der Waals surface area contributed by atoms with Gasteiger partial charge in [-0.3, -0.25) is 9.59 Å². The molecule has 11 heteroatoms. The number of carbonyl (C=O) groups excluding carboxylic acids is 2. The number of ether oxygens (including phenoxy) is 3. The van der Waals surface area contributed by atoms with Gasteiger partial charge < -0.3 is 45.1 Å². The molecule has 1 fully saturated rings. The molecule has 8 atom stereocenters. The van der Waals surface area contributed by atoms with Crippen LogP contribution >= 0.6 is 0 Å². The summed E-state index contributed by atoms with van der Waals surface area (Å²) in [5.41, 5.74) is 0. The molecule has 0 spiro atoms. The summed E-state index contributed by atoms with van der Waals surface area (Å²) in [6.45, 7) is 5.82. The van der Waals surface area contributed by atoms with E-state index in [4.69, 9.17) is 14.2 Å². The molecule has 83 heavy (non-hydrogen) atoms. The van der Waals surface area contributed by atoms with Crippen LogP contribution in [0.2, 0.25) is 0 Å². The topological polar surface area (TPSA) is 175 Å². The largest absolute Gasteiger partial charge is 0.454 e. The first kappa shape index (κ1) is 78.9. The number of esters is 1. The molecule has 11 nitrogen and oxygen atoms in total. The second-order valence-corrected chi connectivity index (χ2v) is 25.0. The number of unbranched alkanes of at least 4 members (excludes halogenated alkanes) is 44. The van der Waals surface area contributed by atoms with Crippen LogP contribution in [0.4, 0.5) is 0 Å². The number of hydrogen-bond donors (Lipinski definition) is 6. The molecule has 6 N–H and O–H groups in total. The average molecular weight is 1170 g/mol. The predicted octanol–water partition coefficient (Wildman–Crippen LogP) is 18.2. The van der Waals surface area contributed by atoms with Crippen LogP contribution < -0.4 is 5.32 Å².